The lowest BCUT2D eigenvalue weighted by Crippen LogP contribution is -2.46. The lowest BCUT2D eigenvalue weighted by atomic mass is 10.1. The summed E-state index contributed by atoms with van der Waals surface area (Å²) in [5.74, 6) is 1.83. The molecule has 31 heavy (non-hydrogen) atoms. The third-order valence-electron chi connectivity index (χ3n) is 5.51. The van der Waals surface area contributed by atoms with Crippen LogP contribution in [-0.4, -0.2) is 72.6 Å². The van der Waals surface area contributed by atoms with Crippen LogP contribution in [0.5, 0.6) is 11.5 Å². The van der Waals surface area contributed by atoms with Gasteiger partial charge in [-0.05, 0) is 30.3 Å². The second-order valence-electron chi connectivity index (χ2n) is 8.37. The molecular weight excluding hydrogens is 416 g/mol. The first kappa shape index (κ1) is 21.9. The van der Waals surface area contributed by atoms with Crippen LogP contribution in [0.15, 0.2) is 23.0 Å². The fraction of sp³-hybridized carbons (Fsp3) is 0.545. The van der Waals surface area contributed by atoms with E-state index in [1.165, 1.54) is 0 Å². The third-order valence-corrected chi connectivity index (χ3v) is 5.92. The highest BCUT2D eigenvalue weighted by molar-refractivity contribution is 7.80. The Hall–Kier alpha value is -2.36. The molecule has 0 radical (unpaired) electrons. The molecule has 1 aromatic heterocycles. The number of hydrogen-bond donors (Lipinski definition) is 2. The Morgan fingerprint density at radius 3 is 2.71 bits per heavy atom. The Bertz CT molecular complexity index is 987. The van der Waals surface area contributed by atoms with E-state index in [4.69, 9.17) is 26.4 Å². The summed E-state index contributed by atoms with van der Waals surface area (Å²) in [5, 5.41) is 4.93. The lowest BCUT2D eigenvalue weighted by Gasteiger charge is -2.31. The van der Waals surface area contributed by atoms with Crippen LogP contribution >= 0.6 is 12.2 Å². The fourth-order valence-corrected chi connectivity index (χ4v) is 3.95. The van der Waals surface area contributed by atoms with Gasteiger partial charge in [0.1, 0.15) is 0 Å². The van der Waals surface area contributed by atoms with Gasteiger partial charge in [-0.15, -0.1) is 0 Å². The number of ether oxygens (including phenoxy) is 3. The zero-order valence-electron chi connectivity index (χ0n) is 18.1. The molecule has 1 saturated heterocycles. The van der Waals surface area contributed by atoms with Crippen molar-refractivity contribution in [2.45, 2.75) is 20.4 Å². The van der Waals surface area contributed by atoms with Crippen molar-refractivity contribution in [1.29, 1.82) is 0 Å². The first-order valence-electron chi connectivity index (χ1n) is 10.8. The molecule has 168 valence electrons. The molecule has 4 rings (SSSR count). The molecule has 0 unspecified atom stereocenters. The van der Waals surface area contributed by atoms with Crippen molar-refractivity contribution in [3.63, 3.8) is 0 Å². The predicted molar refractivity (Wildman–Crippen MR) is 124 cm³/mol. The van der Waals surface area contributed by atoms with Crippen LogP contribution in [-0.2, 0) is 11.3 Å². The Labute approximate surface area is 187 Å². The van der Waals surface area contributed by atoms with Crippen molar-refractivity contribution in [3.8, 4) is 11.5 Å². The number of nitrogens with one attached hydrogen (secondary N) is 2. The molecule has 3 heterocycles. The van der Waals surface area contributed by atoms with Crippen molar-refractivity contribution >= 4 is 28.2 Å². The highest BCUT2D eigenvalue weighted by atomic mass is 32.1. The van der Waals surface area contributed by atoms with Gasteiger partial charge in [0.05, 0.1) is 25.3 Å². The third kappa shape index (κ3) is 5.47. The zero-order chi connectivity index (χ0) is 21.8. The van der Waals surface area contributed by atoms with E-state index in [9.17, 15) is 4.79 Å². The van der Waals surface area contributed by atoms with Crippen LogP contribution in [0.4, 0.5) is 0 Å². The van der Waals surface area contributed by atoms with Crippen molar-refractivity contribution in [2.24, 2.45) is 5.92 Å². The number of aromatic nitrogens is 1. The number of pyridine rings is 1. The SMILES string of the molecule is CC(C)CNC(=S)N(CCN1CCOCC1)Cc1cc2cc3c(cc2[nH]c1=O)OCO3. The average molecular weight is 447 g/mol. The van der Waals surface area contributed by atoms with Crippen molar-refractivity contribution in [3.05, 3.63) is 34.1 Å². The standard InChI is InChI=1S/C22H30N4O4S/c1-15(2)12-23-22(31)26(4-3-25-5-7-28-8-6-25)13-17-9-16-10-19-20(30-14-29-19)11-18(16)24-21(17)27/h9-11,15H,3-8,12-14H2,1-2H3,(H,23,31)(H,24,27). The molecule has 2 aliphatic rings. The summed E-state index contributed by atoms with van der Waals surface area (Å²) in [6.45, 7) is 10.7. The molecule has 0 amide bonds. The molecule has 1 aromatic carbocycles. The smallest absolute Gasteiger partial charge is 0.253 e. The first-order valence-corrected chi connectivity index (χ1v) is 11.2. The fourth-order valence-electron chi connectivity index (χ4n) is 3.71. The van der Waals surface area contributed by atoms with Crippen molar-refractivity contribution in [2.75, 3.05) is 52.7 Å². The van der Waals surface area contributed by atoms with E-state index in [-0.39, 0.29) is 12.4 Å². The van der Waals surface area contributed by atoms with E-state index in [2.05, 4.69) is 33.9 Å². The van der Waals surface area contributed by atoms with E-state index in [1.807, 2.05) is 18.2 Å². The highest BCUT2D eigenvalue weighted by Gasteiger charge is 2.19. The van der Waals surface area contributed by atoms with E-state index in [0.717, 1.165) is 56.8 Å². The number of benzene rings is 1. The maximum Gasteiger partial charge on any atom is 0.253 e. The monoisotopic (exact) mass is 446 g/mol. The minimum atomic E-state index is -0.116. The number of rotatable bonds is 7. The molecule has 0 atom stereocenters. The van der Waals surface area contributed by atoms with Gasteiger partial charge in [0.2, 0.25) is 6.79 Å². The molecule has 2 aliphatic heterocycles. The quantitative estimate of drug-likeness (QED) is 0.625. The highest BCUT2D eigenvalue weighted by Crippen LogP contribution is 2.35. The maximum atomic E-state index is 12.8. The zero-order valence-corrected chi connectivity index (χ0v) is 18.9. The summed E-state index contributed by atoms with van der Waals surface area (Å²) in [6.07, 6.45) is 0. The summed E-state index contributed by atoms with van der Waals surface area (Å²) < 4.78 is 16.3. The molecule has 2 aromatic rings. The van der Waals surface area contributed by atoms with E-state index >= 15 is 0 Å². The summed E-state index contributed by atoms with van der Waals surface area (Å²) in [5.41, 5.74) is 1.29. The van der Waals surface area contributed by atoms with Crippen LogP contribution in [0.3, 0.4) is 0 Å². The van der Waals surface area contributed by atoms with E-state index < -0.39 is 0 Å². The summed E-state index contributed by atoms with van der Waals surface area (Å²) in [7, 11) is 0. The molecule has 0 saturated carbocycles. The minimum absolute atomic E-state index is 0.116. The van der Waals surface area contributed by atoms with Gasteiger partial charge >= 0.3 is 0 Å². The van der Waals surface area contributed by atoms with Crippen LogP contribution in [0.1, 0.15) is 19.4 Å². The van der Waals surface area contributed by atoms with Crippen molar-refractivity contribution in [1.82, 2.24) is 20.1 Å². The molecule has 9 heteroatoms. The van der Waals surface area contributed by atoms with Crippen LogP contribution in [0, 0.1) is 5.92 Å². The minimum Gasteiger partial charge on any atom is -0.454 e. The molecule has 0 aliphatic carbocycles. The molecule has 1 fully saturated rings. The number of thiocarbonyl (C=S) groups is 1. The van der Waals surface area contributed by atoms with Crippen molar-refractivity contribution < 1.29 is 14.2 Å². The average Bonchev–Trinajstić information content (AvgIpc) is 3.21. The maximum absolute atomic E-state index is 12.8. The number of morpholine rings is 1. The molecular formula is C22H30N4O4S. The van der Waals surface area contributed by atoms with Gasteiger partial charge in [0.25, 0.3) is 5.56 Å². The van der Waals surface area contributed by atoms with Gasteiger partial charge in [-0.2, -0.15) is 0 Å². The van der Waals surface area contributed by atoms with Gasteiger partial charge in [0.15, 0.2) is 16.6 Å². The number of nitrogens with zero attached hydrogens (tertiary/aromatic N) is 2. The summed E-state index contributed by atoms with van der Waals surface area (Å²) >= 11 is 5.69. The van der Waals surface area contributed by atoms with Gasteiger partial charge in [-0.3, -0.25) is 9.69 Å². The molecule has 2 N–H and O–H groups in total. The van der Waals surface area contributed by atoms with Crippen LogP contribution < -0.4 is 20.3 Å². The second-order valence-corrected chi connectivity index (χ2v) is 8.76. The number of fused-ring (bicyclic) bond motifs is 2. The summed E-state index contributed by atoms with van der Waals surface area (Å²) in [4.78, 5) is 20.2. The van der Waals surface area contributed by atoms with Gasteiger partial charge in [-0.25, -0.2) is 0 Å². The Balaban J connectivity index is 1.53. The number of aromatic amines is 1. The number of hydrogen-bond acceptors (Lipinski definition) is 6. The van der Waals surface area contributed by atoms with Crippen LogP contribution in [0.2, 0.25) is 0 Å². The second kappa shape index (κ2) is 9.84. The lowest BCUT2D eigenvalue weighted by molar-refractivity contribution is 0.0357. The predicted octanol–water partition coefficient (Wildman–Crippen LogP) is 1.92. The van der Waals surface area contributed by atoms with Crippen LogP contribution in [0.25, 0.3) is 10.9 Å². The largest absolute Gasteiger partial charge is 0.454 e. The Morgan fingerprint density at radius 1 is 1.23 bits per heavy atom. The first-order chi connectivity index (χ1) is 15.0. The normalized spacial score (nSPS) is 16.1. The molecule has 0 spiro atoms. The topological polar surface area (TPSA) is 79.1 Å². The van der Waals surface area contributed by atoms with E-state index in [1.54, 1.807) is 0 Å². The Morgan fingerprint density at radius 2 is 1.97 bits per heavy atom. The van der Waals surface area contributed by atoms with Gasteiger partial charge in [0, 0.05) is 49.7 Å². The van der Waals surface area contributed by atoms with E-state index in [0.29, 0.717) is 34.6 Å². The molecule has 8 nitrogen and oxygen atoms in total. The summed E-state index contributed by atoms with van der Waals surface area (Å²) in [6, 6.07) is 5.64. The van der Waals surface area contributed by atoms with Gasteiger partial charge in [-0.1, -0.05) is 13.8 Å². The van der Waals surface area contributed by atoms with Gasteiger partial charge < -0.3 is 29.4 Å². The molecule has 0 bridgehead atoms. The Kier molecular flexibility index (Phi) is 6.94. The number of H-pyrrole nitrogens is 1.